The van der Waals surface area contributed by atoms with Gasteiger partial charge in [0.2, 0.25) is 22.1 Å². The van der Waals surface area contributed by atoms with Crippen LogP contribution in [0, 0.1) is 11.3 Å². The first-order valence-corrected chi connectivity index (χ1v) is 11.4. The number of benzene rings is 1. The lowest BCUT2D eigenvalue weighted by molar-refractivity contribution is -0.162. The Balaban J connectivity index is 2.06. The van der Waals surface area contributed by atoms with Gasteiger partial charge in [0, 0.05) is 19.5 Å². The summed E-state index contributed by atoms with van der Waals surface area (Å²) in [6.45, 7) is 5.49. The number of aliphatic hydroxyl groups excluding tert-OH is 1. The smallest absolute Gasteiger partial charge is 0.370 e. The van der Waals surface area contributed by atoms with Crippen LogP contribution in [-0.4, -0.2) is 68.6 Å². The molecule has 0 bridgehead atoms. The Kier molecular flexibility index (Phi) is 8.47. The van der Waals surface area contributed by atoms with Gasteiger partial charge < -0.3 is 24.4 Å². The number of rotatable bonds is 10. The molecule has 0 fully saturated rings. The fourth-order valence-corrected chi connectivity index (χ4v) is 4.58. The normalized spacial score (nSPS) is 19.6. The number of hydrogen-bond donors (Lipinski definition) is 2. The molecular weight excluding hydrogens is 426 g/mol. The van der Waals surface area contributed by atoms with E-state index in [1.165, 1.54) is 19.2 Å². The number of carboxylic acid groups (broad SMARTS) is 1. The van der Waals surface area contributed by atoms with E-state index in [9.17, 15) is 23.4 Å². The van der Waals surface area contributed by atoms with Crippen LogP contribution in [0.5, 0.6) is 5.75 Å². The molecule has 1 heterocycles. The van der Waals surface area contributed by atoms with Gasteiger partial charge in [0.15, 0.2) is 0 Å². The lowest BCUT2D eigenvalue weighted by Gasteiger charge is -2.35. The highest BCUT2D eigenvalue weighted by Crippen LogP contribution is 2.36. The maximum atomic E-state index is 12.9. The third kappa shape index (κ3) is 6.67. The largest absolute Gasteiger partial charge is 0.497 e. The van der Waals surface area contributed by atoms with Crippen LogP contribution >= 0.6 is 0 Å². The second-order valence-corrected chi connectivity index (χ2v) is 10.2. The number of carboxylic acids is 1. The molecule has 1 aliphatic rings. The van der Waals surface area contributed by atoms with E-state index in [0.717, 1.165) is 4.31 Å². The van der Waals surface area contributed by atoms with Crippen molar-refractivity contribution in [2.45, 2.75) is 38.4 Å². The summed E-state index contributed by atoms with van der Waals surface area (Å²) in [5.41, 5.74) is -0.188. The molecule has 174 valence electrons. The predicted octanol–water partition coefficient (Wildman–Crippen LogP) is 2.07. The lowest BCUT2D eigenvalue weighted by atomic mass is 9.77. The van der Waals surface area contributed by atoms with Gasteiger partial charge in [-0.1, -0.05) is 20.8 Å². The summed E-state index contributed by atoms with van der Waals surface area (Å²) in [7, 11) is -2.37. The fraction of sp³-hybridized carbons (Fsp3) is 0.571. The number of methoxy groups -OCH3 is 1. The minimum Gasteiger partial charge on any atom is -0.497 e. The molecule has 1 aromatic carbocycles. The standard InChI is InChI=1S/C21H31NO8S/c1-21(2,3)15-13-18(20(24)25)30-19(14-15)29-12-10-22(9-11-23)31(26,27)17-7-5-16(28-4)6-8-17/h5-8,13,15,19,23H,9-12,14H2,1-4H3,(H,24,25)/t15-,19+/m0/s1. The molecule has 10 heteroatoms. The molecule has 0 amide bonds. The summed E-state index contributed by atoms with van der Waals surface area (Å²) in [6.07, 6.45) is 1.24. The van der Waals surface area contributed by atoms with Crippen molar-refractivity contribution in [1.82, 2.24) is 4.31 Å². The van der Waals surface area contributed by atoms with Crippen LogP contribution in [0.2, 0.25) is 0 Å². The molecule has 0 radical (unpaired) electrons. The molecule has 1 aromatic rings. The Bertz CT molecular complexity index is 874. The highest BCUT2D eigenvalue weighted by atomic mass is 32.2. The van der Waals surface area contributed by atoms with Crippen molar-refractivity contribution in [2.24, 2.45) is 11.3 Å². The topological polar surface area (TPSA) is 123 Å². The number of sulfonamides is 1. The van der Waals surface area contributed by atoms with E-state index >= 15 is 0 Å². The molecule has 0 spiro atoms. The number of ether oxygens (including phenoxy) is 3. The average molecular weight is 458 g/mol. The first-order valence-electron chi connectivity index (χ1n) is 9.97. The minimum absolute atomic E-state index is 0.0240. The van der Waals surface area contributed by atoms with E-state index in [1.807, 2.05) is 20.8 Å². The molecule has 0 unspecified atom stereocenters. The third-order valence-electron chi connectivity index (χ3n) is 5.07. The molecule has 1 aliphatic heterocycles. The zero-order valence-electron chi connectivity index (χ0n) is 18.3. The third-order valence-corrected chi connectivity index (χ3v) is 6.98. The van der Waals surface area contributed by atoms with Crippen LogP contribution < -0.4 is 4.74 Å². The number of carbonyl (C=O) groups is 1. The maximum absolute atomic E-state index is 12.9. The highest BCUT2D eigenvalue weighted by Gasteiger charge is 2.34. The summed E-state index contributed by atoms with van der Waals surface area (Å²) in [4.78, 5) is 11.5. The highest BCUT2D eigenvalue weighted by molar-refractivity contribution is 7.89. The van der Waals surface area contributed by atoms with Gasteiger partial charge in [-0.25, -0.2) is 13.2 Å². The van der Waals surface area contributed by atoms with Crippen molar-refractivity contribution in [3.63, 3.8) is 0 Å². The van der Waals surface area contributed by atoms with E-state index in [0.29, 0.717) is 12.2 Å². The Morgan fingerprint density at radius 2 is 1.87 bits per heavy atom. The summed E-state index contributed by atoms with van der Waals surface area (Å²) in [5, 5.41) is 18.7. The number of allylic oxidation sites excluding steroid dienone is 1. The summed E-state index contributed by atoms with van der Waals surface area (Å²) in [6, 6.07) is 5.95. The lowest BCUT2D eigenvalue weighted by Crippen LogP contribution is -2.38. The second kappa shape index (κ2) is 10.4. The van der Waals surface area contributed by atoms with Crippen molar-refractivity contribution < 1.29 is 37.6 Å². The zero-order chi connectivity index (χ0) is 23.2. The van der Waals surface area contributed by atoms with Gasteiger partial charge in [0.1, 0.15) is 5.75 Å². The number of aliphatic carboxylic acids is 1. The van der Waals surface area contributed by atoms with Crippen LogP contribution in [0.15, 0.2) is 41.0 Å². The molecule has 0 aromatic heterocycles. The van der Waals surface area contributed by atoms with E-state index in [2.05, 4.69) is 0 Å². The molecule has 0 saturated heterocycles. The monoisotopic (exact) mass is 457 g/mol. The van der Waals surface area contributed by atoms with Crippen molar-refractivity contribution >= 4 is 16.0 Å². The van der Waals surface area contributed by atoms with Crippen molar-refractivity contribution in [1.29, 1.82) is 0 Å². The molecule has 0 saturated carbocycles. The molecule has 2 N–H and O–H groups in total. The SMILES string of the molecule is COc1ccc(S(=O)(=O)N(CCO)CCO[C@H]2C[C@@H](C(C)(C)C)C=C(C(=O)O)O2)cc1. The number of nitrogens with zero attached hydrogens (tertiary/aromatic N) is 1. The van der Waals surface area contributed by atoms with E-state index in [1.54, 1.807) is 18.2 Å². The van der Waals surface area contributed by atoms with Gasteiger partial charge in [-0.2, -0.15) is 4.31 Å². The van der Waals surface area contributed by atoms with Gasteiger partial charge >= 0.3 is 5.97 Å². The summed E-state index contributed by atoms with van der Waals surface area (Å²) < 4.78 is 43.1. The molecule has 31 heavy (non-hydrogen) atoms. The predicted molar refractivity (Wildman–Crippen MR) is 113 cm³/mol. The molecule has 9 nitrogen and oxygen atoms in total. The van der Waals surface area contributed by atoms with E-state index in [-0.39, 0.29) is 48.3 Å². The van der Waals surface area contributed by atoms with Gasteiger partial charge in [-0.15, -0.1) is 0 Å². The summed E-state index contributed by atoms with van der Waals surface area (Å²) in [5.74, 6) is -0.893. The van der Waals surface area contributed by atoms with Gasteiger partial charge in [-0.05, 0) is 41.7 Å². The van der Waals surface area contributed by atoms with Gasteiger partial charge in [0.05, 0.1) is 25.2 Å². The average Bonchev–Trinajstić information content (AvgIpc) is 2.72. The van der Waals surface area contributed by atoms with Crippen LogP contribution in [0.25, 0.3) is 0 Å². The number of hydrogen-bond acceptors (Lipinski definition) is 7. The van der Waals surface area contributed by atoms with Crippen LogP contribution in [0.3, 0.4) is 0 Å². The Morgan fingerprint density at radius 1 is 1.23 bits per heavy atom. The molecule has 0 aliphatic carbocycles. The quantitative estimate of drug-likeness (QED) is 0.547. The Hall–Kier alpha value is -2.14. The summed E-state index contributed by atoms with van der Waals surface area (Å²) >= 11 is 0. The van der Waals surface area contributed by atoms with Crippen molar-refractivity contribution in [3.8, 4) is 5.75 Å². The Morgan fingerprint density at radius 3 is 2.39 bits per heavy atom. The van der Waals surface area contributed by atoms with E-state index in [4.69, 9.17) is 14.2 Å². The Labute approximate surface area is 183 Å². The van der Waals surface area contributed by atoms with Crippen LogP contribution in [0.4, 0.5) is 0 Å². The maximum Gasteiger partial charge on any atom is 0.370 e. The van der Waals surface area contributed by atoms with Crippen molar-refractivity contribution in [2.75, 3.05) is 33.4 Å². The minimum atomic E-state index is -3.86. The zero-order valence-corrected chi connectivity index (χ0v) is 19.1. The van der Waals surface area contributed by atoms with Gasteiger partial charge in [0.25, 0.3) is 0 Å². The molecular formula is C21H31NO8S. The molecule has 2 rings (SSSR count). The first kappa shape index (κ1) is 25.1. The second-order valence-electron chi connectivity index (χ2n) is 8.27. The fourth-order valence-electron chi connectivity index (χ4n) is 3.16. The molecule has 2 atom stereocenters. The van der Waals surface area contributed by atoms with Crippen LogP contribution in [0.1, 0.15) is 27.2 Å². The van der Waals surface area contributed by atoms with Gasteiger partial charge in [-0.3, -0.25) is 0 Å². The van der Waals surface area contributed by atoms with Crippen molar-refractivity contribution in [3.05, 3.63) is 36.1 Å². The first-order chi connectivity index (χ1) is 14.5. The van der Waals surface area contributed by atoms with Crippen LogP contribution in [-0.2, 0) is 24.3 Å². The van der Waals surface area contributed by atoms with E-state index < -0.39 is 22.3 Å². The number of aliphatic hydroxyl groups is 1.